The summed E-state index contributed by atoms with van der Waals surface area (Å²) in [5.41, 5.74) is 8.65. The molecule has 2 amide bonds. The van der Waals surface area contributed by atoms with Gasteiger partial charge in [0.05, 0.1) is 11.4 Å². The summed E-state index contributed by atoms with van der Waals surface area (Å²) in [7, 11) is 0. The number of primary amides is 1. The average Bonchev–Trinajstić information content (AvgIpc) is 2.55. The summed E-state index contributed by atoms with van der Waals surface area (Å²) in [4.78, 5) is 25.4. The zero-order valence-electron chi connectivity index (χ0n) is 12.9. The van der Waals surface area contributed by atoms with Crippen molar-refractivity contribution in [1.29, 1.82) is 0 Å². The Morgan fingerprint density at radius 3 is 1.64 bits per heavy atom. The van der Waals surface area contributed by atoms with E-state index in [1.54, 1.807) is 0 Å². The average molecular weight is 296 g/mol. The maximum absolute atomic E-state index is 12.4. The van der Waals surface area contributed by atoms with Crippen LogP contribution in [0.2, 0.25) is 0 Å². The van der Waals surface area contributed by atoms with Crippen LogP contribution in [0.4, 0.5) is 11.4 Å². The number of nitrogens with two attached hydrogens (primary N) is 1. The van der Waals surface area contributed by atoms with Gasteiger partial charge in [0.2, 0.25) is 0 Å². The molecule has 0 radical (unpaired) electrons. The number of hydrogen-bond donors (Lipinski definition) is 1. The van der Waals surface area contributed by atoms with Gasteiger partial charge in [-0.05, 0) is 36.1 Å². The van der Waals surface area contributed by atoms with E-state index in [-0.39, 0.29) is 0 Å². The van der Waals surface area contributed by atoms with Gasteiger partial charge in [-0.25, -0.2) is 0 Å². The normalized spacial score (nSPS) is 10.3. The van der Waals surface area contributed by atoms with Gasteiger partial charge < -0.3 is 5.73 Å². The van der Waals surface area contributed by atoms with Crippen LogP contribution in [-0.4, -0.2) is 11.8 Å². The van der Waals surface area contributed by atoms with E-state index in [0.717, 1.165) is 24.0 Å². The predicted molar refractivity (Wildman–Crippen MR) is 88.0 cm³/mol. The Morgan fingerprint density at radius 1 is 0.864 bits per heavy atom. The predicted octanol–water partition coefficient (Wildman–Crippen LogP) is 2.96. The third-order valence-corrected chi connectivity index (χ3v) is 3.64. The Kier molecular flexibility index (Phi) is 4.94. The van der Waals surface area contributed by atoms with Crippen LogP contribution in [0.15, 0.2) is 48.5 Å². The molecule has 0 aliphatic rings. The van der Waals surface area contributed by atoms with Gasteiger partial charge in [-0.15, -0.1) is 0 Å². The second kappa shape index (κ2) is 6.89. The molecule has 0 atom stereocenters. The number of carbonyl (C=O) groups excluding carboxylic acids is 2. The summed E-state index contributed by atoms with van der Waals surface area (Å²) in [6.07, 6.45) is 1.51. The molecule has 2 rings (SSSR count). The summed E-state index contributed by atoms with van der Waals surface area (Å²) in [5.74, 6) is -1.68. The van der Waals surface area contributed by atoms with Gasteiger partial charge in [0.1, 0.15) is 0 Å². The Balaban J connectivity index is 2.67. The molecule has 0 saturated carbocycles. The topological polar surface area (TPSA) is 63.4 Å². The fourth-order valence-corrected chi connectivity index (χ4v) is 2.51. The maximum Gasteiger partial charge on any atom is 0.320 e. The minimum atomic E-state index is -0.961. The van der Waals surface area contributed by atoms with Crippen molar-refractivity contribution in [3.63, 3.8) is 0 Å². The van der Waals surface area contributed by atoms with Crippen LogP contribution in [-0.2, 0) is 22.4 Å². The van der Waals surface area contributed by atoms with Gasteiger partial charge in [0.25, 0.3) is 0 Å². The van der Waals surface area contributed by atoms with Crippen LogP contribution in [0.3, 0.4) is 0 Å². The summed E-state index contributed by atoms with van der Waals surface area (Å²) < 4.78 is 0. The molecule has 0 spiro atoms. The van der Waals surface area contributed by atoms with Crippen molar-refractivity contribution in [3.05, 3.63) is 59.7 Å². The summed E-state index contributed by atoms with van der Waals surface area (Å²) in [6, 6.07) is 15.1. The number of anilines is 2. The molecule has 114 valence electrons. The number of aryl methyl sites for hydroxylation is 2. The number of amides is 2. The molecule has 2 aromatic carbocycles. The number of benzene rings is 2. The third-order valence-electron chi connectivity index (χ3n) is 3.64. The van der Waals surface area contributed by atoms with Gasteiger partial charge in [-0.3, -0.25) is 14.5 Å². The van der Waals surface area contributed by atoms with E-state index in [1.807, 2.05) is 62.4 Å². The number of nitrogens with zero attached hydrogens (tertiary/aromatic N) is 1. The van der Waals surface area contributed by atoms with Gasteiger partial charge in [-0.1, -0.05) is 50.2 Å². The largest absolute Gasteiger partial charge is 0.361 e. The lowest BCUT2D eigenvalue weighted by Crippen LogP contribution is -2.38. The van der Waals surface area contributed by atoms with Gasteiger partial charge in [0, 0.05) is 0 Å². The highest BCUT2D eigenvalue weighted by Gasteiger charge is 2.25. The second-order valence-electron chi connectivity index (χ2n) is 4.97. The number of hydrogen-bond acceptors (Lipinski definition) is 2. The fraction of sp³-hybridized carbons (Fsp3) is 0.222. The summed E-state index contributed by atoms with van der Waals surface area (Å²) >= 11 is 0. The summed E-state index contributed by atoms with van der Waals surface area (Å²) in [5, 5.41) is 0. The number of rotatable bonds is 4. The second-order valence-corrected chi connectivity index (χ2v) is 4.97. The van der Waals surface area contributed by atoms with E-state index >= 15 is 0 Å². The minimum Gasteiger partial charge on any atom is -0.361 e. The molecule has 2 N–H and O–H groups in total. The Hall–Kier alpha value is -2.62. The first-order chi connectivity index (χ1) is 10.6. The standard InChI is InChI=1S/C18H20N2O2/c1-3-13-9-5-7-11-15(13)20(18(22)17(19)21)16-12-8-6-10-14(16)4-2/h5-12H,3-4H2,1-2H3,(H2,19,21). The molecule has 2 aromatic rings. The van der Waals surface area contributed by atoms with Crippen molar-refractivity contribution in [1.82, 2.24) is 0 Å². The van der Waals surface area contributed by atoms with Crippen LogP contribution >= 0.6 is 0 Å². The highest BCUT2D eigenvalue weighted by atomic mass is 16.2. The number of carbonyl (C=O) groups is 2. The SMILES string of the molecule is CCc1ccccc1N(C(=O)C(N)=O)c1ccccc1CC. The molecule has 22 heavy (non-hydrogen) atoms. The van der Waals surface area contributed by atoms with Gasteiger partial charge in [0.15, 0.2) is 0 Å². The van der Waals surface area contributed by atoms with Crippen molar-refractivity contribution in [2.24, 2.45) is 5.73 Å². The number of para-hydroxylation sites is 2. The van der Waals surface area contributed by atoms with E-state index in [1.165, 1.54) is 4.90 Å². The van der Waals surface area contributed by atoms with E-state index in [9.17, 15) is 9.59 Å². The Labute approximate surface area is 130 Å². The molecule has 0 fully saturated rings. The van der Waals surface area contributed by atoms with E-state index in [4.69, 9.17) is 5.73 Å². The molecule has 4 heteroatoms. The molecule has 0 unspecified atom stereocenters. The van der Waals surface area contributed by atoms with Crippen molar-refractivity contribution in [2.45, 2.75) is 26.7 Å². The Bertz CT molecular complexity index is 647. The molecular weight excluding hydrogens is 276 g/mol. The molecule has 0 aliphatic heterocycles. The first-order valence-electron chi connectivity index (χ1n) is 7.39. The van der Waals surface area contributed by atoms with Crippen molar-refractivity contribution in [3.8, 4) is 0 Å². The molecular formula is C18H20N2O2. The quantitative estimate of drug-likeness (QED) is 0.882. The lowest BCUT2D eigenvalue weighted by Gasteiger charge is -2.26. The van der Waals surface area contributed by atoms with Crippen molar-refractivity contribution in [2.75, 3.05) is 4.90 Å². The van der Waals surface area contributed by atoms with Crippen LogP contribution in [0.1, 0.15) is 25.0 Å². The highest BCUT2D eigenvalue weighted by Crippen LogP contribution is 2.32. The first-order valence-corrected chi connectivity index (χ1v) is 7.39. The Morgan fingerprint density at radius 2 is 1.27 bits per heavy atom. The zero-order valence-corrected chi connectivity index (χ0v) is 12.9. The summed E-state index contributed by atoms with van der Waals surface area (Å²) in [6.45, 7) is 4.02. The first kappa shape index (κ1) is 15.8. The lowest BCUT2D eigenvalue weighted by molar-refractivity contribution is -0.135. The third kappa shape index (κ3) is 3.01. The minimum absolute atomic E-state index is 0.703. The van der Waals surface area contributed by atoms with Gasteiger partial charge in [-0.2, -0.15) is 0 Å². The molecule has 4 nitrogen and oxygen atoms in total. The smallest absolute Gasteiger partial charge is 0.320 e. The van der Waals surface area contributed by atoms with Crippen molar-refractivity contribution < 1.29 is 9.59 Å². The highest BCUT2D eigenvalue weighted by molar-refractivity contribution is 6.41. The molecule has 0 heterocycles. The van der Waals surface area contributed by atoms with E-state index in [2.05, 4.69) is 0 Å². The fourth-order valence-electron chi connectivity index (χ4n) is 2.51. The molecule has 0 bridgehead atoms. The van der Waals surface area contributed by atoms with Crippen LogP contribution < -0.4 is 10.6 Å². The van der Waals surface area contributed by atoms with E-state index in [0.29, 0.717) is 11.4 Å². The maximum atomic E-state index is 12.4. The molecule has 0 aliphatic carbocycles. The van der Waals surface area contributed by atoms with Crippen molar-refractivity contribution >= 4 is 23.2 Å². The van der Waals surface area contributed by atoms with Gasteiger partial charge >= 0.3 is 11.8 Å². The van der Waals surface area contributed by atoms with Crippen LogP contribution in [0.5, 0.6) is 0 Å². The van der Waals surface area contributed by atoms with Crippen LogP contribution in [0, 0.1) is 0 Å². The van der Waals surface area contributed by atoms with Crippen LogP contribution in [0.25, 0.3) is 0 Å². The zero-order chi connectivity index (χ0) is 16.1. The molecule has 0 aromatic heterocycles. The lowest BCUT2D eigenvalue weighted by atomic mass is 10.1. The monoisotopic (exact) mass is 296 g/mol. The van der Waals surface area contributed by atoms with E-state index < -0.39 is 11.8 Å². The molecule has 0 saturated heterocycles.